The van der Waals surface area contributed by atoms with Crippen LogP contribution in [-0.4, -0.2) is 40.7 Å². The summed E-state index contributed by atoms with van der Waals surface area (Å²) in [6.07, 6.45) is 4.02. The van der Waals surface area contributed by atoms with Crippen LogP contribution in [0.2, 0.25) is 5.02 Å². The first kappa shape index (κ1) is 19.9. The normalized spacial score (nSPS) is 17.1. The van der Waals surface area contributed by atoms with E-state index in [0.29, 0.717) is 5.95 Å². The van der Waals surface area contributed by atoms with Gasteiger partial charge in [0.1, 0.15) is 0 Å². The molecule has 1 atom stereocenters. The Morgan fingerprint density at radius 1 is 1.24 bits per heavy atom. The smallest absolute Gasteiger partial charge is 0.225 e. The van der Waals surface area contributed by atoms with Gasteiger partial charge in [0.25, 0.3) is 0 Å². The Bertz CT molecular complexity index is 1020. The van der Waals surface area contributed by atoms with Gasteiger partial charge in [-0.25, -0.2) is 9.97 Å². The molecule has 1 saturated heterocycles. The molecule has 0 spiro atoms. The molecule has 1 aliphatic rings. The van der Waals surface area contributed by atoms with Crippen LogP contribution in [0.3, 0.4) is 0 Å². The minimum atomic E-state index is 0.174. The number of aromatic nitrogens is 3. The van der Waals surface area contributed by atoms with Gasteiger partial charge in [-0.2, -0.15) is 0 Å². The van der Waals surface area contributed by atoms with Gasteiger partial charge in [-0.3, -0.25) is 4.90 Å². The summed E-state index contributed by atoms with van der Waals surface area (Å²) < 4.78 is 5.67. The van der Waals surface area contributed by atoms with E-state index < -0.39 is 0 Å². The van der Waals surface area contributed by atoms with Crippen molar-refractivity contribution in [3.05, 3.63) is 58.0 Å². The van der Waals surface area contributed by atoms with E-state index in [4.69, 9.17) is 21.1 Å². The number of hydrogen-bond acceptors (Lipinski definition) is 6. The Balaban J connectivity index is 1.76. The van der Waals surface area contributed by atoms with E-state index in [9.17, 15) is 0 Å². The van der Waals surface area contributed by atoms with Crippen molar-refractivity contribution in [1.29, 1.82) is 0 Å². The van der Waals surface area contributed by atoms with Crippen LogP contribution >= 0.6 is 11.6 Å². The maximum Gasteiger partial charge on any atom is 0.225 e. The number of benzene rings is 1. The molecule has 152 valence electrons. The molecular weight excluding hydrogens is 386 g/mol. The molecule has 0 bridgehead atoms. The van der Waals surface area contributed by atoms with Crippen LogP contribution < -0.4 is 4.90 Å². The van der Waals surface area contributed by atoms with E-state index in [0.717, 1.165) is 64.8 Å². The summed E-state index contributed by atoms with van der Waals surface area (Å²) in [6, 6.07) is 8.21. The largest absolute Gasteiger partial charge is 0.356 e. The highest BCUT2D eigenvalue weighted by molar-refractivity contribution is 6.31. The molecule has 2 aromatic heterocycles. The predicted octanol–water partition coefficient (Wildman–Crippen LogP) is 4.80. The highest BCUT2D eigenvalue weighted by atomic mass is 35.5. The molecule has 4 rings (SSSR count). The monoisotopic (exact) mass is 411 g/mol. The second kappa shape index (κ2) is 8.13. The van der Waals surface area contributed by atoms with Gasteiger partial charge >= 0.3 is 0 Å². The molecule has 29 heavy (non-hydrogen) atoms. The van der Waals surface area contributed by atoms with Gasteiger partial charge in [-0.15, -0.1) is 0 Å². The summed E-state index contributed by atoms with van der Waals surface area (Å²) in [4.78, 5) is 13.9. The Morgan fingerprint density at radius 2 is 2.03 bits per heavy atom. The Kier molecular flexibility index (Phi) is 5.56. The second-order valence-electron chi connectivity index (χ2n) is 7.81. The first-order chi connectivity index (χ1) is 14.0. The average Bonchev–Trinajstić information content (AvgIpc) is 3.30. The zero-order valence-electron chi connectivity index (χ0n) is 17.3. The van der Waals surface area contributed by atoms with Crippen LogP contribution in [-0.2, 0) is 6.54 Å². The molecule has 7 heteroatoms. The molecule has 1 aliphatic heterocycles. The Morgan fingerprint density at radius 3 is 2.72 bits per heavy atom. The highest BCUT2D eigenvalue weighted by Gasteiger charge is 2.32. The lowest BCUT2D eigenvalue weighted by Gasteiger charge is -2.26. The quantitative estimate of drug-likeness (QED) is 0.600. The number of nitrogens with zero attached hydrogens (tertiary/aromatic N) is 5. The predicted molar refractivity (Wildman–Crippen MR) is 115 cm³/mol. The third kappa shape index (κ3) is 3.87. The van der Waals surface area contributed by atoms with Crippen molar-refractivity contribution < 1.29 is 4.52 Å². The summed E-state index contributed by atoms with van der Waals surface area (Å²) in [7, 11) is 3.91. The number of likely N-dealkylation sites (tertiary alicyclic amines) is 1. The van der Waals surface area contributed by atoms with Crippen LogP contribution in [0.25, 0.3) is 11.3 Å². The van der Waals surface area contributed by atoms with Gasteiger partial charge in [0, 0.05) is 37.4 Å². The van der Waals surface area contributed by atoms with Crippen molar-refractivity contribution in [2.75, 3.05) is 25.5 Å². The molecule has 0 saturated carbocycles. The molecule has 0 unspecified atom stereocenters. The van der Waals surface area contributed by atoms with Crippen molar-refractivity contribution in [2.45, 2.75) is 39.3 Å². The average molecular weight is 412 g/mol. The van der Waals surface area contributed by atoms with Crippen molar-refractivity contribution in [3.63, 3.8) is 0 Å². The molecule has 0 aliphatic carbocycles. The van der Waals surface area contributed by atoms with Crippen LogP contribution in [0.5, 0.6) is 0 Å². The van der Waals surface area contributed by atoms with Crippen molar-refractivity contribution in [3.8, 4) is 11.3 Å². The van der Waals surface area contributed by atoms with Gasteiger partial charge in [0.15, 0.2) is 5.76 Å². The van der Waals surface area contributed by atoms with Crippen LogP contribution in [0.15, 0.2) is 35.0 Å². The maximum atomic E-state index is 6.43. The van der Waals surface area contributed by atoms with Gasteiger partial charge in [0.2, 0.25) is 5.95 Å². The van der Waals surface area contributed by atoms with E-state index in [1.165, 1.54) is 0 Å². The number of hydrogen-bond donors (Lipinski definition) is 0. The maximum absolute atomic E-state index is 6.43. The lowest BCUT2D eigenvalue weighted by Crippen LogP contribution is -2.25. The SMILES string of the molecule is Cc1noc(-c2cnc(N(C)C)nc2[C@@H]2CCCN2Cc2ccccc2Cl)c1C. The fourth-order valence-electron chi connectivity index (χ4n) is 3.87. The van der Waals surface area contributed by atoms with Crippen molar-refractivity contribution in [1.82, 2.24) is 20.0 Å². The minimum Gasteiger partial charge on any atom is -0.356 e. The Hall–Kier alpha value is -2.44. The molecule has 6 nitrogen and oxygen atoms in total. The lowest BCUT2D eigenvalue weighted by molar-refractivity contribution is 0.244. The number of anilines is 1. The summed E-state index contributed by atoms with van der Waals surface area (Å²) in [5, 5.41) is 4.95. The summed E-state index contributed by atoms with van der Waals surface area (Å²) in [5.74, 6) is 1.45. The molecular formula is C22H26ClN5O. The van der Waals surface area contributed by atoms with Crippen molar-refractivity contribution >= 4 is 17.5 Å². The molecule has 1 aromatic carbocycles. The summed E-state index contributed by atoms with van der Waals surface area (Å²) in [6.45, 7) is 5.78. The standard InChI is InChI=1S/C22H26ClN5O/c1-14-15(2)26-29-21(14)17-12-24-22(27(3)4)25-20(17)19-10-7-11-28(19)13-16-8-5-6-9-18(16)23/h5-6,8-9,12,19H,7,10-11,13H2,1-4H3/t19-/m0/s1. The fourth-order valence-corrected chi connectivity index (χ4v) is 4.06. The van der Waals surface area contributed by atoms with Gasteiger partial charge < -0.3 is 9.42 Å². The highest BCUT2D eigenvalue weighted by Crippen LogP contribution is 2.39. The molecule has 0 N–H and O–H groups in total. The number of aryl methyl sites for hydroxylation is 1. The first-order valence-corrected chi connectivity index (χ1v) is 10.3. The van der Waals surface area contributed by atoms with Gasteiger partial charge in [-0.1, -0.05) is 35.0 Å². The zero-order valence-corrected chi connectivity index (χ0v) is 18.1. The topological polar surface area (TPSA) is 58.3 Å². The zero-order chi connectivity index (χ0) is 20.5. The van der Waals surface area contributed by atoms with Crippen LogP contribution in [0.1, 0.15) is 41.4 Å². The molecule has 0 radical (unpaired) electrons. The molecule has 3 aromatic rings. The third-order valence-electron chi connectivity index (χ3n) is 5.62. The van der Waals surface area contributed by atoms with E-state index in [2.05, 4.69) is 21.1 Å². The second-order valence-corrected chi connectivity index (χ2v) is 8.21. The lowest BCUT2D eigenvalue weighted by atomic mass is 10.0. The van der Waals surface area contributed by atoms with Gasteiger partial charge in [-0.05, 0) is 44.9 Å². The van der Waals surface area contributed by atoms with Crippen LogP contribution in [0, 0.1) is 13.8 Å². The van der Waals surface area contributed by atoms with E-state index in [1.807, 2.05) is 57.2 Å². The van der Waals surface area contributed by atoms with E-state index in [1.54, 1.807) is 0 Å². The summed E-state index contributed by atoms with van der Waals surface area (Å²) >= 11 is 6.43. The fraction of sp³-hybridized carbons (Fsp3) is 0.409. The third-order valence-corrected chi connectivity index (χ3v) is 5.99. The molecule has 3 heterocycles. The molecule has 0 amide bonds. The number of halogens is 1. The van der Waals surface area contributed by atoms with E-state index >= 15 is 0 Å². The van der Waals surface area contributed by atoms with Gasteiger partial charge in [0.05, 0.1) is 23.0 Å². The summed E-state index contributed by atoms with van der Waals surface area (Å²) in [5.41, 5.74) is 4.97. The Labute approximate surface area is 176 Å². The van der Waals surface area contributed by atoms with E-state index in [-0.39, 0.29) is 6.04 Å². The first-order valence-electron chi connectivity index (χ1n) is 9.90. The van der Waals surface area contributed by atoms with Crippen molar-refractivity contribution in [2.24, 2.45) is 0 Å². The number of rotatable bonds is 5. The molecule has 1 fully saturated rings. The van der Waals surface area contributed by atoms with Crippen LogP contribution in [0.4, 0.5) is 5.95 Å². The minimum absolute atomic E-state index is 0.174.